The van der Waals surface area contributed by atoms with Crippen LogP contribution in [-0.2, 0) is 0 Å². The minimum Gasteiger partial charge on any atom is -0.494 e. The van der Waals surface area contributed by atoms with E-state index in [4.69, 9.17) is 28.9 Å². The van der Waals surface area contributed by atoms with Crippen molar-refractivity contribution in [3.05, 3.63) is 71.1 Å². The van der Waals surface area contributed by atoms with Crippen LogP contribution in [0.1, 0.15) is 17.3 Å². The van der Waals surface area contributed by atoms with Crippen molar-refractivity contribution in [3.8, 4) is 0 Å². The van der Waals surface area contributed by atoms with Gasteiger partial charge in [0.1, 0.15) is 0 Å². The molecule has 2 aromatic carbocycles. The Labute approximate surface area is 177 Å². The predicted octanol–water partition coefficient (Wildman–Crippen LogP) is 3.49. The number of nitrogens with one attached hydrogen (secondary N) is 3. The number of hydrogen-bond donors (Lipinski definition) is 5. The molecule has 1 aliphatic rings. The lowest BCUT2D eigenvalue weighted by Gasteiger charge is -2.24. The summed E-state index contributed by atoms with van der Waals surface area (Å²) in [7, 11) is 0. The van der Waals surface area contributed by atoms with Crippen molar-refractivity contribution >= 4 is 52.5 Å². The third-order valence-electron chi connectivity index (χ3n) is 3.98. The molecular formula is C19H18ClN5O3S. The molecule has 150 valence electrons. The summed E-state index contributed by atoms with van der Waals surface area (Å²) in [5.74, 6) is -0.969. The molecule has 3 rings (SSSR count). The Kier molecular flexibility index (Phi) is 6.02. The van der Waals surface area contributed by atoms with Crippen LogP contribution >= 0.6 is 23.8 Å². The van der Waals surface area contributed by atoms with Crippen LogP contribution in [0.25, 0.3) is 0 Å². The molecule has 0 amide bonds. The lowest BCUT2D eigenvalue weighted by atomic mass is 10.1. The van der Waals surface area contributed by atoms with Gasteiger partial charge >= 0.3 is 5.97 Å². The van der Waals surface area contributed by atoms with Crippen LogP contribution in [0.5, 0.6) is 0 Å². The summed E-state index contributed by atoms with van der Waals surface area (Å²) in [4.78, 5) is 10.9. The molecule has 5 N–H and O–H groups in total. The summed E-state index contributed by atoms with van der Waals surface area (Å²) in [5.41, 5.74) is 6.59. The SMILES string of the molecule is CC1(/C=N\NC(=S)Nc2ccc(C(=O)O)cc2)C=C(O)N(c2ccc(Cl)cc2)N1. The fourth-order valence-electron chi connectivity index (χ4n) is 2.60. The molecule has 1 atom stereocenters. The number of rotatable bonds is 5. The number of halogens is 1. The molecule has 0 radical (unpaired) electrons. The fraction of sp³-hybridized carbons (Fsp3) is 0.105. The zero-order chi connectivity index (χ0) is 21.0. The van der Waals surface area contributed by atoms with E-state index in [9.17, 15) is 9.90 Å². The second-order valence-corrected chi connectivity index (χ2v) is 7.26. The number of nitrogens with zero attached hydrogens (tertiary/aromatic N) is 2. The van der Waals surface area contributed by atoms with Gasteiger partial charge in [-0.05, 0) is 67.7 Å². The van der Waals surface area contributed by atoms with Crippen molar-refractivity contribution in [2.75, 3.05) is 10.3 Å². The summed E-state index contributed by atoms with van der Waals surface area (Å²) in [6.45, 7) is 1.82. The molecular weight excluding hydrogens is 414 g/mol. The van der Waals surface area contributed by atoms with Crippen LogP contribution in [-0.4, -0.2) is 33.0 Å². The van der Waals surface area contributed by atoms with E-state index < -0.39 is 11.5 Å². The number of hydrazine groups is 1. The minimum atomic E-state index is -0.997. The average Bonchev–Trinajstić information content (AvgIpc) is 2.97. The lowest BCUT2D eigenvalue weighted by molar-refractivity contribution is 0.0697. The number of thiocarbonyl (C=S) groups is 1. The van der Waals surface area contributed by atoms with Gasteiger partial charge in [-0.15, -0.1) is 0 Å². The fourth-order valence-corrected chi connectivity index (χ4v) is 2.89. The number of anilines is 2. The molecule has 1 unspecified atom stereocenters. The number of aliphatic hydroxyl groups excluding tert-OH is 1. The highest BCUT2D eigenvalue weighted by molar-refractivity contribution is 7.80. The van der Waals surface area contributed by atoms with Crippen molar-refractivity contribution in [2.24, 2.45) is 5.10 Å². The molecule has 0 aliphatic carbocycles. The zero-order valence-corrected chi connectivity index (χ0v) is 16.8. The number of hydrazone groups is 1. The largest absolute Gasteiger partial charge is 0.494 e. The van der Waals surface area contributed by atoms with Crippen LogP contribution < -0.4 is 21.2 Å². The van der Waals surface area contributed by atoms with Crippen LogP contribution in [0.2, 0.25) is 5.02 Å². The van der Waals surface area contributed by atoms with Gasteiger partial charge < -0.3 is 15.5 Å². The number of aliphatic hydroxyl groups is 1. The van der Waals surface area contributed by atoms with Crippen molar-refractivity contribution in [3.63, 3.8) is 0 Å². The van der Waals surface area contributed by atoms with E-state index in [0.717, 1.165) is 5.69 Å². The van der Waals surface area contributed by atoms with Crippen molar-refractivity contribution in [1.29, 1.82) is 0 Å². The first-order chi connectivity index (χ1) is 13.8. The molecule has 2 aromatic rings. The van der Waals surface area contributed by atoms with Crippen LogP contribution in [0.3, 0.4) is 0 Å². The van der Waals surface area contributed by atoms with E-state index in [0.29, 0.717) is 10.7 Å². The summed E-state index contributed by atoms with van der Waals surface area (Å²) in [5, 5.41) is 28.5. The molecule has 0 bridgehead atoms. The Balaban J connectivity index is 1.57. The van der Waals surface area contributed by atoms with Crippen molar-refractivity contribution in [2.45, 2.75) is 12.5 Å². The zero-order valence-electron chi connectivity index (χ0n) is 15.3. The Morgan fingerprint density at radius 2 is 1.90 bits per heavy atom. The van der Waals surface area contributed by atoms with Crippen LogP contribution in [0.15, 0.2) is 65.6 Å². The first kappa shape index (κ1) is 20.6. The summed E-state index contributed by atoms with van der Waals surface area (Å²) in [6.07, 6.45) is 3.16. The average molecular weight is 432 g/mol. The lowest BCUT2D eigenvalue weighted by Crippen LogP contribution is -2.46. The Hall–Kier alpha value is -3.14. The number of carboxylic acid groups (broad SMARTS) is 1. The van der Waals surface area contributed by atoms with Gasteiger partial charge in [0.25, 0.3) is 0 Å². The highest BCUT2D eigenvalue weighted by Crippen LogP contribution is 2.25. The molecule has 0 saturated carbocycles. The van der Waals surface area contributed by atoms with Crippen molar-refractivity contribution < 1.29 is 15.0 Å². The van der Waals surface area contributed by atoms with Crippen LogP contribution in [0, 0.1) is 0 Å². The normalized spacial score (nSPS) is 18.6. The number of aromatic carboxylic acids is 1. The topological polar surface area (TPSA) is 109 Å². The van der Waals surface area contributed by atoms with Gasteiger partial charge in [-0.3, -0.25) is 5.43 Å². The minimum absolute atomic E-state index is 0.0282. The second kappa shape index (κ2) is 8.48. The van der Waals surface area contributed by atoms with Crippen LogP contribution in [0.4, 0.5) is 11.4 Å². The van der Waals surface area contributed by atoms with Crippen molar-refractivity contribution in [1.82, 2.24) is 10.9 Å². The molecule has 0 aromatic heterocycles. The maximum Gasteiger partial charge on any atom is 0.335 e. The number of benzene rings is 2. The van der Waals surface area contributed by atoms with E-state index in [2.05, 4.69) is 21.3 Å². The molecule has 29 heavy (non-hydrogen) atoms. The molecule has 8 nitrogen and oxygen atoms in total. The Morgan fingerprint density at radius 1 is 1.24 bits per heavy atom. The molecule has 0 fully saturated rings. The van der Waals surface area contributed by atoms with E-state index in [1.54, 1.807) is 48.7 Å². The number of hydrogen-bond acceptors (Lipinski definition) is 6. The Morgan fingerprint density at radius 3 is 2.52 bits per heavy atom. The monoisotopic (exact) mass is 431 g/mol. The van der Waals surface area contributed by atoms with Gasteiger partial charge in [0.15, 0.2) is 5.11 Å². The Bertz CT molecular complexity index is 978. The maximum absolute atomic E-state index is 10.9. The smallest absolute Gasteiger partial charge is 0.335 e. The summed E-state index contributed by atoms with van der Waals surface area (Å²) < 4.78 is 0. The van der Waals surface area contributed by atoms with Gasteiger partial charge in [-0.1, -0.05) is 11.6 Å². The van der Waals surface area contributed by atoms with Gasteiger partial charge in [0.2, 0.25) is 5.88 Å². The molecule has 0 saturated heterocycles. The highest BCUT2D eigenvalue weighted by atomic mass is 35.5. The number of carboxylic acids is 1. The maximum atomic E-state index is 10.9. The third-order valence-corrected chi connectivity index (χ3v) is 4.43. The first-order valence-corrected chi connectivity index (χ1v) is 9.24. The molecule has 10 heteroatoms. The quantitative estimate of drug-likeness (QED) is 0.278. The summed E-state index contributed by atoms with van der Waals surface area (Å²) in [6, 6.07) is 13.1. The van der Waals surface area contributed by atoms with Gasteiger partial charge in [-0.25, -0.2) is 15.2 Å². The van der Waals surface area contributed by atoms with Gasteiger partial charge in [0, 0.05) is 16.8 Å². The van der Waals surface area contributed by atoms with E-state index >= 15 is 0 Å². The molecule has 0 spiro atoms. The van der Waals surface area contributed by atoms with Gasteiger partial charge in [-0.2, -0.15) is 5.10 Å². The standard InChI is InChI=1S/C19H18ClN5O3S/c1-19(10-16(26)25(24-19)15-8-4-13(20)5-9-15)11-21-23-18(29)22-14-6-2-12(3-7-14)17(27)28/h2-11,24,26H,1H3,(H,27,28)(H2,22,23,29)/b21-11-. The van der Waals surface area contributed by atoms with E-state index in [-0.39, 0.29) is 16.6 Å². The molecule has 1 aliphatic heterocycles. The third kappa shape index (κ3) is 5.23. The molecule has 1 heterocycles. The second-order valence-electron chi connectivity index (χ2n) is 6.42. The van der Waals surface area contributed by atoms with Gasteiger partial charge in [0.05, 0.1) is 23.0 Å². The predicted molar refractivity (Wildman–Crippen MR) is 117 cm³/mol. The van der Waals surface area contributed by atoms with E-state index in [1.165, 1.54) is 17.1 Å². The first-order valence-electron chi connectivity index (χ1n) is 8.46. The number of carbonyl (C=O) groups is 1. The summed E-state index contributed by atoms with van der Waals surface area (Å²) >= 11 is 11.1. The van der Waals surface area contributed by atoms with E-state index in [1.807, 2.05) is 6.92 Å². The highest BCUT2D eigenvalue weighted by Gasteiger charge is 2.32.